The first-order valence-corrected chi connectivity index (χ1v) is 8.50. The Bertz CT molecular complexity index is 431. The molecule has 0 radical (unpaired) electrons. The lowest BCUT2D eigenvalue weighted by Gasteiger charge is -2.07. The maximum atomic E-state index is 11.8. The predicted molar refractivity (Wildman–Crippen MR) is 86.0 cm³/mol. The normalized spacial score (nSPS) is 10.8. The summed E-state index contributed by atoms with van der Waals surface area (Å²) in [4.78, 5) is 11.8. The van der Waals surface area contributed by atoms with E-state index >= 15 is 0 Å². The van der Waals surface area contributed by atoms with Crippen molar-refractivity contribution in [3.63, 3.8) is 0 Å². The van der Waals surface area contributed by atoms with Crippen molar-refractivity contribution >= 4 is 23.4 Å². The van der Waals surface area contributed by atoms with Gasteiger partial charge in [0.1, 0.15) is 6.54 Å². The Hall–Kier alpha value is -1.17. The summed E-state index contributed by atoms with van der Waals surface area (Å²) in [5.41, 5.74) is 8.15. The number of carbonyl (C=O) groups excluding carboxylic acids is 1. The molecule has 0 saturated heterocycles. The summed E-state index contributed by atoms with van der Waals surface area (Å²) < 4.78 is 1.67. The topological polar surface area (TPSA) is 72.9 Å². The highest BCUT2D eigenvalue weighted by atomic mass is 32.2. The van der Waals surface area contributed by atoms with Crippen LogP contribution in [-0.2, 0) is 11.3 Å². The number of nitrogens with zero attached hydrogens (tertiary/aromatic N) is 2. The molecule has 0 aliphatic heterocycles. The van der Waals surface area contributed by atoms with Gasteiger partial charge in [0, 0.05) is 6.54 Å². The zero-order chi connectivity index (χ0) is 15.0. The van der Waals surface area contributed by atoms with E-state index in [1.165, 1.54) is 25.0 Å². The molecule has 6 heteroatoms. The Labute approximate surface area is 125 Å². The van der Waals surface area contributed by atoms with E-state index in [9.17, 15) is 4.79 Å². The standard InChI is InChI=1S/C14H26N4OS/c1-11-14(15)12(2)18(17-11)10-13(19)16-8-6-4-5-7-9-20-3/h4-10,15H2,1-3H3,(H,16,19). The summed E-state index contributed by atoms with van der Waals surface area (Å²) in [5, 5.41) is 7.19. The molecule has 0 fully saturated rings. The van der Waals surface area contributed by atoms with Gasteiger partial charge in [-0.15, -0.1) is 0 Å². The number of hydrogen-bond acceptors (Lipinski definition) is 4. The van der Waals surface area contributed by atoms with Gasteiger partial charge in [0.15, 0.2) is 0 Å². The fourth-order valence-corrected chi connectivity index (χ4v) is 2.50. The third-order valence-electron chi connectivity index (χ3n) is 3.33. The molecule has 1 heterocycles. The van der Waals surface area contributed by atoms with Crippen LogP contribution in [0.5, 0.6) is 0 Å². The first kappa shape index (κ1) is 16.9. The van der Waals surface area contributed by atoms with E-state index < -0.39 is 0 Å². The molecular formula is C14H26N4OS. The zero-order valence-corrected chi connectivity index (χ0v) is 13.6. The van der Waals surface area contributed by atoms with Crippen molar-refractivity contribution in [1.82, 2.24) is 15.1 Å². The van der Waals surface area contributed by atoms with Crippen molar-refractivity contribution in [3.05, 3.63) is 11.4 Å². The number of anilines is 1. The van der Waals surface area contributed by atoms with Crippen LogP contribution in [0.4, 0.5) is 5.69 Å². The van der Waals surface area contributed by atoms with Crippen molar-refractivity contribution in [2.24, 2.45) is 0 Å². The van der Waals surface area contributed by atoms with Crippen LogP contribution in [0.2, 0.25) is 0 Å². The number of thioether (sulfide) groups is 1. The average Bonchev–Trinajstić information content (AvgIpc) is 2.65. The molecule has 0 saturated carbocycles. The predicted octanol–water partition coefficient (Wildman–Crippen LogP) is 2.12. The van der Waals surface area contributed by atoms with Crippen molar-refractivity contribution in [1.29, 1.82) is 0 Å². The van der Waals surface area contributed by atoms with Gasteiger partial charge in [-0.1, -0.05) is 12.8 Å². The molecule has 0 atom stereocenters. The number of aromatic nitrogens is 2. The van der Waals surface area contributed by atoms with Gasteiger partial charge >= 0.3 is 0 Å². The molecule has 114 valence electrons. The number of amides is 1. The lowest BCUT2D eigenvalue weighted by molar-refractivity contribution is -0.121. The van der Waals surface area contributed by atoms with Crippen LogP contribution < -0.4 is 11.1 Å². The minimum Gasteiger partial charge on any atom is -0.396 e. The quantitative estimate of drug-likeness (QED) is 0.685. The Morgan fingerprint density at radius 3 is 2.60 bits per heavy atom. The molecule has 1 aromatic heterocycles. The lowest BCUT2D eigenvalue weighted by Crippen LogP contribution is -2.29. The molecule has 0 aliphatic rings. The lowest BCUT2D eigenvalue weighted by atomic mass is 10.2. The molecule has 5 nitrogen and oxygen atoms in total. The second kappa shape index (κ2) is 8.89. The third kappa shape index (κ3) is 5.45. The van der Waals surface area contributed by atoms with E-state index in [4.69, 9.17) is 5.73 Å². The van der Waals surface area contributed by atoms with Crippen molar-refractivity contribution < 1.29 is 4.79 Å². The number of carbonyl (C=O) groups is 1. The maximum Gasteiger partial charge on any atom is 0.241 e. The van der Waals surface area contributed by atoms with Crippen LogP contribution in [0, 0.1) is 13.8 Å². The first-order valence-electron chi connectivity index (χ1n) is 7.11. The highest BCUT2D eigenvalue weighted by Gasteiger charge is 2.10. The summed E-state index contributed by atoms with van der Waals surface area (Å²) in [7, 11) is 0. The highest BCUT2D eigenvalue weighted by molar-refractivity contribution is 7.98. The van der Waals surface area contributed by atoms with Gasteiger partial charge in [-0.25, -0.2) is 0 Å². The van der Waals surface area contributed by atoms with Gasteiger partial charge in [0.25, 0.3) is 0 Å². The smallest absolute Gasteiger partial charge is 0.241 e. The third-order valence-corrected chi connectivity index (χ3v) is 4.03. The molecule has 0 spiro atoms. The number of aryl methyl sites for hydroxylation is 1. The highest BCUT2D eigenvalue weighted by Crippen LogP contribution is 2.14. The van der Waals surface area contributed by atoms with Gasteiger partial charge in [0.05, 0.1) is 17.1 Å². The minimum absolute atomic E-state index is 0.000265. The van der Waals surface area contributed by atoms with Gasteiger partial charge in [-0.3, -0.25) is 9.48 Å². The Balaban J connectivity index is 2.19. The van der Waals surface area contributed by atoms with Crippen LogP contribution in [0.25, 0.3) is 0 Å². The van der Waals surface area contributed by atoms with Crippen LogP contribution in [0.3, 0.4) is 0 Å². The SMILES string of the molecule is CSCCCCCCNC(=O)Cn1nc(C)c(N)c1C. The van der Waals surface area contributed by atoms with Crippen LogP contribution in [0.15, 0.2) is 0 Å². The number of rotatable bonds is 9. The summed E-state index contributed by atoms with van der Waals surface area (Å²) in [5.74, 6) is 1.23. The van der Waals surface area contributed by atoms with E-state index in [0.717, 1.165) is 24.4 Å². The summed E-state index contributed by atoms with van der Waals surface area (Å²) in [6.07, 6.45) is 6.85. The number of nitrogens with one attached hydrogen (secondary N) is 1. The summed E-state index contributed by atoms with van der Waals surface area (Å²) >= 11 is 1.89. The molecular weight excluding hydrogens is 272 g/mol. The van der Waals surface area contributed by atoms with E-state index in [1.807, 2.05) is 25.6 Å². The van der Waals surface area contributed by atoms with Gasteiger partial charge in [0.2, 0.25) is 5.91 Å². The molecule has 1 amide bonds. The molecule has 0 bridgehead atoms. The van der Waals surface area contributed by atoms with Crippen LogP contribution >= 0.6 is 11.8 Å². The average molecular weight is 298 g/mol. The van der Waals surface area contributed by atoms with Gasteiger partial charge in [-0.05, 0) is 38.7 Å². The maximum absolute atomic E-state index is 11.8. The molecule has 0 unspecified atom stereocenters. The largest absolute Gasteiger partial charge is 0.396 e. The van der Waals surface area contributed by atoms with E-state index in [1.54, 1.807) is 4.68 Å². The monoisotopic (exact) mass is 298 g/mol. The molecule has 20 heavy (non-hydrogen) atoms. The van der Waals surface area contributed by atoms with Gasteiger partial charge in [-0.2, -0.15) is 16.9 Å². The van der Waals surface area contributed by atoms with E-state index in [-0.39, 0.29) is 12.5 Å². The molecule has 3 N–H and O–H groups in total. The number of nitrogens with two attached hydrogens (primary N) is 1. The minimum atomic E-state index is -0.000265. The Morgan fingerprint density at radius 1 is 1.30 bits per heavy atom. The van der Waals surface area contributed by atoms with Crippen LogP contribution in [-0.4, -0.2) is 34.2 Å². The van der Waals surface area contributed by atoms with Crippen LogP contribution in [0.1, 0.15) is 37.1 Å². The molecule has 1 aromatic rings. The Morgan fingerprint density at radius 2 is 2.00 bits per heavy atom. The fraction of sp³-hybridized carbons (Fsp3) is 0.714. The molecule has 0 aromatic carbocycles. The fourth-order valence-electron chi connectivity index (χ4n) is 2.01. The second-order valence-corrected chi connectivity index (χ2v) is 5.98. The van der Waals surface area contributed by atoms with Gasteiger partial charge < -0.3 is 11.1 Å². The van der Waals surface area contributed by atoms with Crippen molar-refractivity contribution in [2.45, 2.75) is 46.1 Å². The Kier molecular flexibility index (Phi) is 7.51. The van der Waals surface area contributed by atoms with Crippen molar-refractivity contribution in [3.8, 4) is 0 Å². The second-order valence-electron chi connectivity index (χ2n) is 5.00. The zero-order valence-electron chi connectivity index (χ0n) is 12.7. The number of nitrogen functional groups attached to an aromatic ring is 1. The van der Waals surface area contributed by atoms with E-state index in [0.29, 0.717) is 5.69 Å². The number of hydrogen-bond donors (Lipinski definition) is 2. The molecule has 0 aliphatic carbocycles. The van der Waals surface area contributed by atoms with E-state index in [2.05, 4.69) is 16.7 Å². The molecule has 1 rings (SSSR count). The van der Waals surface area contributed by atoms with Crippen molar-refractivity contribution in [2.75, 3.05) is 24.3 Å². The number of unbranched alkanes of at least 4 members (excludes halogenated alkanes) is 3. The summed E-state index contributed by atoms with van der Waals surface area (Å²) in [6, 6.07) is 0. The summed E-state index contributed by atoms with van der Waals surface area (Å²) in [6.45, 7) is 4.73. The first-order chi connectivity index (χ1) is 9.56.